The lowest BCUT2D eigenvalue weighted by Gasteiger charge is -2.28. The van der Waals surface area contributed by atoms with Crippen molar-refractivity contribution in [2.24, 2.45) is 0 Å². The number of unbranched alkanes of at least 4 members (excludes halogenated alkanes) is 1. The second-order valence-corrected chi connectivity index (χ2v) is 4.41. The molecule has 0 radical (unpaired) electrons. The number of Topliss-reactive ketones (excluding diaryl/α,β-unsaturated/α-hetero) is 1. The van der Waals surface area contributed by atoms with Gasteiger partial charge in [0.1, 0.15) is 5.56 Å². The normalized spacial score (nSPS) is 14.8. The Hall–Kier alpha value is -1.75. The van der Waals surface area contributed by atoms with E-state index in [4.69, 9.17) is 14.3 Å². The van der Waals surface area contributed by atoms with E-state index in [1.165, 1.54) is 7.11 Å². The SMILES string of the molecule is CCCCN1CC(=O)c2c(ccc(OC)c2OC)O1. The number of hydrogen-bond acceptors (Lipinski definition) is 5. The Morgan fingerprint density at radius 3 is 2.74 bits per heavy atom. The van der Waals surface area contributed by atoms with Crippen molar-refractivity contribution in [2.75, 3.05) is 27.3 Å². The maximum absolute atomic E-state index is 12.2. The van der Waals surface area contributed by atoms with Crippen LogP contribution in [0.5, 0.6) is 17.2 Å². The Bertz CT molecular complexity index is 473. The number of ether oxygens (including phenoxy) is 2. The van der Waals surface area contributed by atoms with Crippen molar-refractivity contribution < 1.29 is 19.1 Å². The molecule has 2 rings (SSSR count). The molecule has 0 N–H and O–H groups in total. The first-order chi connectivity index (χ1) is 9.21. The van der Waals surface area contributed by atoms with Gasteiger partial charge in [0.25, 0.3) is 0 Å². The number of fused-ring (bicyclic) bond motifs is 1. The molecule has 0 spiro atoms. The zero-order chi connectivity index (χ0) is 13.8. The van der Waals surface area contributed by atoms with E-state index >= 15 is 0 Å². The average Bonchev–Trinajstić information content (AvgIpc) is 2.43. The standard InChI is InChI=1S/C14H19NO4/c1-4-5-8-15-9-10(16)13-11(19-15)6-7-12(17-2)14(13)18-3/h6-7H,4-5,8-9H2,1-3H3. The molecule has 1 aromatic carbocycles. The summed E-state index contributed by atoms with van der Waals surface area (Å²) < 4.78 is 10.5. The van der Waals surface area contributed by atoms with Crippen molar-refractivity contribution in [3.63, 3.8) is 0 Å². The molecule has 0 aromatic heterocycles. The fourth-order valence-electron chi connectivity index (χ4n) is 2.12. The Labute approximate surface area is 113 Å². The average molecular weight is 265 g/mol. The summed E-state index contributed by atoms with van der Waals surface area (Å²) in [6.07, 6.45) is 2.06. The molecule has 0 saturated carbocycles. The van der Waals surface area contributed by atoms with Crippen LogP contribution in [0.15, 0.2) is 12.1 Å². The summed E-state index contributed by atoms with van der Waals surface area (Å²) in [5, 5.41) is 1.69. The smallest absolute Gasteiger partial charge is 0.188 e. The van der Waals surface area contributed by atoms with E-state index in [9.17, 15) is 4.79 Å². The summed E-state index contributed by atoms with van der Waals surface area (Å²) in [5.41, 5.74) is 0.467. The lowest BCUT2D eigenvalue weighted by molar-refractivity contribution is -0.0592. The molecule has 0 bridgehead atoms. The lowest BCUT2D eigenvalue weighted by atomic mass is 10.1. The Morgan fingerprint density at radius 2 is 2.11 bits per heavy atom. The van der Waals surface area contributed by atoms with E-state index in [0.717, 1.165) is 19.4 Å². The van der Waals surface area contributed by atoms with Crippen LogP contribution in [-0.4, -0.2) is 38.2 Å². The molecule has 1 heterocycles. The summed E-state index contributed by atoms with van der Waals surface area (Å²) in [6.45, 7) is 3.10. The number of hydrogen-bond donors (Lipinski definition) is 0. The second-order valence-electron chi connectivity index (χ2n) is 4.41. The highest BCUT2D eigenvalue weighted by molar-refractivity contribution is 6.04. The minimum absolute atomic E-state index is 0.00639. The first-order valence-corrected chi connectivity index (χ1v) is 6.42. The minimum atomic E-state index is -0.00639. The second kappa shape index (κ2) is 5.93. The van der Waals surface area contributed by atoms with Gasteiger partial charge in [-0.25, -0.2) is 0 Å². The maximum atomic E-state index is 12.2. The molecule has 0 fully saturated rings. The molecule has 0 amide bonds. The summed E-state index contributed by atoms with van der Waals surface area (Å²) in [7, 11) is 3.07. The van der Waals surface area contributed by atoms with Crippen LogP contribution in [0.3, 0.4) is 0 Å². The minimum Gasteiger partial charge on any atom is -0.493 e. The van der Waals surface area contributed by atoms with Gasteiger partial charge in [-0.3, -0.25) is 4.79 Å². The summed E-state index contributed by atoms with van der Waals surface area (Å²) in [5.74, 6) is 1.51. The van der Waals surface area contributed by atoms with Gasteiger partial charge in [-0.1, -0.05) is 13.3 Å². The van der Waals surface area contributed by atoms with Gasteiger partial charge in [0.2, 0.25) is 0 Å². The molecule has 0 aliphatic carbocycles. The van der Waals surface area contributed by atoms with Crippen LogP contribution < -0.4 is 14.3 Å². The zero-order valence-electron chi connectivity index (χ0n) is 11.6. The summed E-state index contributed by atoms with van der Waals surface area (Å²) in [6, 6.07) is 3.49. The van der Waals surface area contributed by atoms with Gasteiger partial charge in [0.15, 0.2) is 23.0 Å². The van der Waals surface area contributed by atoms with Crippen LogP contribution in [0.25, 0.3) is 0 Å². The largest absolute Gasteiger partial charge is 0.493 e. The van der Waals surface area contributed by atoms with Crippen LogP contribution in [0.4, 0.5) is 0 Å². The van der Waals surface area contributed by atoms with Crippen LogP contribution in [0, 0.1) is 0 Å². The maximum Gasteiger partial charge on any atom is 0.188 e. The number of rotatable bonds is 5. The molecule has 5 nitrogen and oxygen atoms in total. The highest BCUT2D eigenvalue weighted by Crippen LogP contribution is 2.39. The molecule has 1 aliphatic rings. The molecule has 104 valence electrons. The van der Waals surface area contributed by atoms with Gasteiger partial charge in [0, 0.05) is 6.54 Å². The first-order valence-electron chi connectivity index (χ1n) is 6.42. The summed E-state index contributed by atoms with van der Waals surface area (Å²) in [4.78, 5) is 18.0. The fraction of sp³-hybridized carbons (Fsp3) is 0.500. The number of methoxy groups -OCH3 is 2. The fourth-order valence-corrected chi connectivity index (χ4v) is 2.12. The molecule has 0 unspecified atom stereocenters. The third kappa shape index (κ3) is 2.66. The van der Waals surface area contributed by atoms with Crippen molar-refractivity contribution in [1.29, 1.82) is 0 Å². The Balaban J connectivity index is 2.32. The van der Waals surface area contributed by atoms with E-state index in [2.05, 4.69) is 6.92 Å². The van der Waals surface area contributed by atoms with Crippen molar-refractivity contribution in [1.82, 2.24) is 5.06 Å². The molecular weight excluding hydrogens is 246 g/mol. The molecule has 5 heteroatoms. The number of ketones is 1. The van der Waals surface area contributed by atoms with E-state index < -0.39 is 0 Å². The zero-order valence-corrected chi connectivity index (χ0v) is 11.6. The molecule has 0 atom stereocenters. The molecular formula is C14H19NO4. The number of carbonyl (C=O) groups is 1. The van der Waals surface area contributed by atoms with Crippen molar-refractivity contribution >= 4 is 5.78 Å². The van der Waals surface area contributed by atoms with E-state index in [0.29, 0.717) is 22.8 Å². The third-order valence-corrected chi connectivity index (χ3v) is 3.09. The van der Waals surface area contributed by atoms with Gasteiger partial charge >= 0.3 is 0 Å². The third-order valence-electron chi connectivity index (χ3n) is 3.09. The highest BCUT2D eigenvalue weighted by atomic mass is 16.7. The number of hydroxylamine groups is 2. The molecule has 1 aliphatic heterocycles. The quantitative estimate of drug-likeness (QED) is 0.817. The first kappa shape index (κ1) is 13.7. The topological polar surface area (TPSA) is 48.0 Å². The lowest BCUT2D eigenvalue weighted by Crippen LogP contribution is -2.38. The van der Waals surface area contributed by atoms with Gasteiger partial charge in [-0.15, -0.1) is 5.06 Å². The van der Waals surface area contributed by atoms with Gasteiger partial charge in [-0.05, 0) is 18.6 Å². The van der Waals surface area contributed by atoms with Gasteiger partial charge < -0.3 is 14.3 Å². The van der Waals surface area contributed by atoms with Crippen molar-refractivity contribution in [3.8, 4) is 17.2 Å². The van der Waals surface area contributed by atoms with Crippen LogP contribution in [-0.2, 0) is 0 Å². The number of nitrogens with zero attached hydrogens (tertiary/aromatic N) is 1. The van der Waals surface area contributed by atoms with E-state index in [-0.39, 0.29) is 12.3 Å². The molecule has 19 heavy (non-hydrogen) atoms. The monoisotopic (exact) mass is 265 g/mol. The Morgan fingerprint density at radius 1 is 1.32 bits per heavy atom. The van der Waals surface area contributed by atoms with Crippen LogP contribution in [0.1, 0.15) is 30.1 Å². The van der Waals surface area contributed by atoms with E-state index in [1.54, 1.807) is 24.3 Å². The predicted octanol–water partition coefficient (Wildman–Crippen LogP) is 2.30. The van der Waals surface area contributed by atoms with Gasteiger partial charge in [0.05, 0.1) is 20.8 Å². The summed E-state index contributed by atoms with van der Waals surface area (Å²) >= 11 is 0. The molecule has 1 aromatic rings. The van der Waals surface area contributed by atoms with Crippen LogP contribution in [0.2, 0.25) is 0 Å². The van der Waals surface area contributed by atoms with Crippen molar-refractivity contribution in [2.45, 2.75) is 19.8 Å². The van der Waals surface area contributed by atoms with Gasteiger partial charge in [-0.2, -0.15) is 0 Å². The highest BCUT2D eigenvalue weighted by Gasteiger charge is 2.30. The molecule has 0 saturated heterocycles. The number of benzene rings is 1. The van der Waals surface area contributed by atoms with Crippen molar-refractivity contribution in [3.05, 3.63) is 17.7 Å². The predicted molar refractivity (Wildman–Crippen MR) is 71.0 cm³/mol. The number of carbonyl (C=O) groups excluding carboxylic acids is 1. The van der Waals surface area contributed by atoms with E-state index in [1.807, 2.05) is 0 Å². The Kier molecular flexibility index (Phi) is 4.27. The van der Waals surface area contributed by atoms with Crippen LogP contribution >= 0.6 is 0 Å².